The number of nitrogens with one attached hydrogen (secondary N) is 1. The Bertz CT molecular complexity index is 732. The van der Waals surface area contributed by atoms with E-state index in [4.69, 9.17) is 9.84 Å². The molecule has 5 nitrogen and oxygen atoms in total. The van der Waals surface area contributed by atoms with Gasteiger partial charge in [-0.3, -0.25) is 4.79 Å². The standard InChI is InChI=1S/C19H21NO4S/c21-18(20-17-12-25-11-16(17)19(22)23)10-24-15-8-6-14(7-9-15)13-4-2-1-3-5-13/h6-9,11-13H,1-5,10H2,(H,20,21)(H,22,23). The van der Waals surface area contributed by atoms with Crippen LogP contribution < -0.4 is 10.1 Å². The van der Waals surface area contributed by atoms with E-state index in [0.29, 0.717) is 17.4 Å². The topological polar surface area (TPSA) is 75.6 Å². The average molecular weight is 359 g/mol. The number of carboxylic acid groups (broad SMARTS) is 1. The van der Waals surface area contributed by atoms with Gasteiger partial charge >= 0.3 is 5.97 Å². The molecule has 1 aromatic carbocycles. The molecule has 0 radical (unpaired) electrons. The predicted molar refractivity (Wildman–Crippen MR) is 97.7 cm³/mol. The Morgan fingerprint density at radius 2 is 1.84 bits per heavy atom. The lowest BCUT2D eigenvalue weighted by molar-refractivity contribution is -0.118. The van der Waals surface area contributed by atoms with Crippen LogP contribution in [0.1, 0.15) is 53.9 Å². The molecular formula is C19H21NO4S. The van der Waals surface area contributed by atoms with E-state index >= 15 is 0 Å². The van der Waals surface area contributed by atoms with Gasteiger partial charge in [0.2, 0.25) is 0 Å². The third kappa shape index (κ3) is 4.60. The van der Waals surface area contributed by atoms with E-state index in [9.17, 15) is 9.59 Å². The molecule has 1 aromatic heterocycles. The summed E-state index contributed by atoms with van der Waals surface area (Å²) in [6.07, 6.45) is 6.42. The molecule has 1 heterocycles. The number of carboxylic acids is 1. The summed E-state index contributed by atoms with van der Waals surface area (Å²) in [4.78, 5) is 23.0. The third-order valence-electron chi connectivity index (χ3n) is 4.49. The first-order valence-electron chi connectivity index (χ1n) is 8.45. The molecule has 132 valence electrons. The minimum atomic E-state index is -1.06. The Morgan fingerprint density at radius 3 is 2.52 bits per heavy atom. The van der Waals surface area contributed by atoms with Gasteiger partial charge in [0.05, 0.1) is 11.3 Å². The number of thiophene rings is 1. The Kier molecular flexibility index (Phi) is 5.71. The summed E-state index contributed by atoms with van der Waals surface area (Å²) < 4.78 is 5.50. The monoisotopic (exact) mass is 359 g/mol. The first-order chi connectivity index (χ1) is 12.1. The second-order valence-electron chi connectivity index (χ2n) is 6.25. The lowest BCUT2D eigenvalue weighted by Crippen LogP contribution is -2.21. The summed E-state index contributed by atoms with van der Waals surface area (Å²) >= 11 is 1.23. The number of rotatable bonds is 6. The molecule has 0 aliphatic heterocycles. The second-order valence-corrected chi connectivity index (χ2v) is 6.99. The van der Waals surface area contributed by atoms with Crippen molar-refractivity contribution in [2.45, 2.75) is 38.0 Å². The highest BCUT2D eigenvalue weighted by Gasteiger charge is 2.16. The number of hydrogen-bond donors (Lipinski definition) is 2. The lowest BCUT2D eigenvalue weighted by Gasteiger charge is -2.22. The van der Waals surface area contributed by atoms with Gasteiger partial charge in [-0.05, 0) is 36.5 Å². The summed E-state index contributed by atoms with van der Waals surface area (Å²) in [5, 5.41) is 14.7. The lowest BCUT2D eigenvalue weighted by atomic mass is 9.84. The zero-order valence-electron chi connectivity index (χ0n) is 13.9. The SMILES string of the molecule is O=C(COc1ccc(C2CCCCC2)cc1)Nc1cscc1C(=O)O. The normalized spacial score (nSPS) is 14.9. The Balaban J connectivity index is 1.51. The van der Waals surface area contributed by atoms with Crippen LogP contribution in [0.5, 0.6) is 5.75 Å². The van der Waals surface area contributed by atoms with E-state index in [-0.39, 0.29) is 18.1 Å². The van der Waals surface area contributed by atoms with Crippen LogP contribution in [0.4, 0.5) is 5.69 Å². The van der Waals surface area contributed by atoms with E-state index in [1.54, 1.807) is 5.38 Å². The van der Waals surface area contributed by atoms with Gasteiger partial charge < -0.3 is 15.2 Å². The van der Waals surface area contributed by atoms with E-state index in [2.05, 4.69) is 17.4 Å². The number of anilines is 1. The Morgan fingerprint density at radius 1 is 1.12 bits per heavy atom. The average Bonchev–Trinajstić information content (AvgIpc) is 3.09. The zero-order valence-corrected chi connectivity index (χ0v) is 14.7. The Labute approximate surface area is 150 Å². The fraction of sp³-hybridized carbons (Fsp3) is 0.368. The van der Waals surface area contributed by atoms with Gasteiger partial charge in [-0.2, -0.15) is 0 Å². The molecular weight excluding hydrogens is 338 g/mol. The first-order valence-corrected chi connectivity index (χ1v) is 9.40. The molecule has 1 amide bonds. The van der Waals surface area contributed by atoms with Crippen molar-refractivity contribution in [3.05, 3.63) is 46.2 Å². The van der Waals surface area contributed by atoms with Gasteiger partial charge in [-0.15, -0.1) is 11.3 Å². The molecule has 3 rings (SSSR count). The molecule has 2 N–H and O–H groups in total. The number of aromatic carboxylic acids is 1. The highest BCUT2D eigenvalue weighted by molar-refractivity contribution is 7.08. The van der Waals surface area contributed by atoms with Crippen molar-refractivity contribution in [2.75, 3.05) is 11.9 Å². The van der Waals surface area contributed by atoms with E-state index in [0.717, 1.165) is 0 Å². The van der Waals surface area contributed by atoms with Crippen molar-refractivity contribution in [1.82, 2.24) is 0 Å². The fourth-order valence-electron chi connectivity index (χ4n) is 3.17. The minimum absolute atomic E-state index is 0.0928. The maximum absolute atomic E-state index is 11.9. The van der Waals surface area contributed by atoms with Gasteiger partial charge in [0.1, 0.15) is 5.75 Å². The van der Waals surface area contributed by atoms with Crippen LogP contribution >= 0.6 is 11.3 Å². The number of benzene rings is 1. The Hall–Kier alpha value is -2.34. The van der Waals surface area contributed by atoms with Crippen molar-refractivity contribution in [3.63, 3.8) is 0 Å². The number of hydrogen-bond acceptors (Lipinski definition) is 4. The third-order valence-corrected chi connectivity index (χ3v) is 5.24. The summed E-state index contributed by atoms with van der Waals surface area (Å²) in [6.45, 7) is -0.155. The smallest absolute Gasteiger partial charge is 0.338 e. The maximum Gasteiger partial charge on any atom is 0.338 e. The van der Waals surface area contributed by atoms with Crippen molar-refractivity contribution in [2.24, 2.45) is 0 Å². The highest BCUT2D eigenvalue weighted by Crippen LogP contribution is 2.33. The van der Waals surface area contributed by atoms with Crippen molar-refractivity contribution in [1.29, 1.82) is 0 Å². The molecule has 2 aromatic rings. The van der Waals surface area contributed by atoms with E-state index < -0.39 is 5.97 Å². The van der Waals surface area contributed by atoms with Gasteiger partial charge in [0, 0.05) is 10.8 Å². The van der Waals surface area contributed by atoms with E-state index in [1.807, 2.05) is 12.1 Å². The van der Waals surface area contributed by atoms with Gasteiger partial charge in [-0.1, -0.05) is 31.4 Å². The molecule has 1 aliphatic carbocycles. The molecule has 1 aliphatic rings. The highest BCUT2D eigenvalue weighted by atomic mass is 32.1. The summed E-state index contributed by atoms with van der Waals surface area (Å²) in [7, 11) is 0. The van der Waals surface area contributed by atoms with Crippen molar-refractivity contribution >= 4 is 28.9 Å². The van der Waals surface area contributed by atoms with Crippen LogP contribution in [0, 0.1) is 0 Å². The van der Waals surface area contributed by atoms with Crippen LogP contribution in [-0.4, -0.2) is 23.6 Å². The molecule has 0 saturated heterocycles. The number of carbonyl (C=O) groups is 2. The fourth-order valence-corrected chi connectivity index (χ4v) is 3.92. The molecule has 0 bridgehead atoms. The quantitative estimate of drug-likeness (QED) is 0.795. The summed E-state index contributed by atoms with van der Waals surface area (Å²) in [5.74, 6) is -0.161. The molecule has 1 fully saturated rings. The molecule has 1 saturated carbocycles. The largest absolute Gasteiger partial charge is 0.484 e. The maximum atomic E-state index is 11.9. The minimum Gasteiger partial charge on any atom is -0.484 e. The van der Waals surface area contributed by atoms with Crippen LogP contribution in [0.25, 0.3) is 0 Å². The molecule has 0 unspecified atom stereocenters. The van der Waals surface area contributed by atoms with Crippen LogP contribution in [0.15, 0.2) is 35.0 Å². The predicted octanol–water partition coefficient (Wildman–Crippen LogP) is 4.51. The first kappa shape index (κ1) is 17.5. The van der Waals surface area contributed by atoms with Gasteiger partial charge in [0.15, 0.2) is 6.61 Å². The number of amides is 1. The van der Waals surface area contributed by atoms with E-state index in [1.165, 1.54) is 54.4 Å². The van der Waals surface area contributed by atoms with Crippen LogP contribution in [0.2, 0.25) is 0 Å². The second kappa shape index (κ2) is 8.16. The summed E-state index contributed by atoms with van der Waals surface area (Å²) in [5.41, 5.74) is 1.73. The van der Waals surface area contributed by atoms with Crippen LogP contribution in [0.3, 0.4) is 0 Å². The molecule has 0 atom stereocenters. The molecule has 6 heteroatoms. The zero-order chi connectivity index (χ0) is 17.6. The van der Waals surface area contributed by atoms with Gasteiger partial charge in [-0.25, -0.2) is 4.79 Å². The molecule has 25 heavy (non-hydrogen) atoms. The number of carbonyl (C=O) groups excluding carboxylic acids is 1. The summed E-state index contributed by atoms with van der Waals surface area (Å²) in [6, 6.07) is 7.93. The van der Waals surface area contributed by atoms with Crippen LogP contribution in [-0.2, 0) is 4.79 Å². The molecule has 0 spiro atoms. The van der Waals surface area contributed by atoms with Crippen molar-refractivity contribution < 1.29 is 19.4 Å². The number of ether oxygens (including phenoxy) is 1. The van der Waals surface area contributed by atoms with Crippen molar-refractivity contribution in [3.8, 4) is 5.75 Å². The van der Waals surface area contributed by atoms with Gasteiger partial charge in [0.25, 0.3) is 5.91 Å².